The van der Waals surface area contributed by atoms with E-state index < -0.39 is 0 Å². The highest BCUT2D eigenvalue weighted by atomic mass is 19.1. The van der Waals surface area contributed by atoms with Gasteiger partial charge in [-0.2, -0.15) is 0 Å². The second kappa shape index (κ2) is 7.76. The lowest BCUT2D eigenvalue weighted by atomic mass is 9.99. The molecule has 0 aromatic heterocycles. The van der Waals surface area contributed by atoms with Crippen molar-refractivity contribution in [2.75, 3.05) is 20.3 Å². The lowest BCUT2D eigenvalue weighted by Gasteiger charge is -2.17. The van der Waals surface area contributed by atoms with Crippen LogP contribution in [0.3, 0.4) is 0 Å². The lowest BCUT2D eigenvalue weighted by molar-refractivity contribution is 0.145. The van der Waals surface area contributed by atoms with Gasteiger partial charge in [0.2, 0.25) is 0 Å². The molecule has 1 atom stereocenters. The van der Waals surface area contributed by atoms with Crippen molar-refractivity contribution < 1.29 is 13.9 Å². The Morgan fingerprint density at radius 2 is 1.76 bits per heavy atom. The highest BCUT2D eigenvalue weighted by molar-refractivity contribution is 5.36. The summed E-state index contributed by atoms with van der Waals surface area (Å²) in [5.41, 5.74) is 8.20. The standard InChI is InChI=1S/C17H20FNO2/c1-20-10-11-21-17-5-3-2-4-15(17)16(19)12-13-6-8-14(18)9-7-13/h2-9,16H,10-12,19H2,1H3. The molecular formula is C17H20FNO2. The number of nitrogens with two attached hydrogens (primary N) is 1. The average molecular weight is 289 g/mol. The number of para-hydroxylation sites is 1. The van der Waals surface area contributed by atoms with Crippen LogP contribution in [0.4, 0.5) is 4.39 Å². The third-order valence-corrected chi connectivity index (χ3v) is 3.23. The summed E-state index contributed by atoms with van der Waals surface area (Å²) in [6.45, 7) is 1.01. The third-order valence-electron chi connectivity index (χ3n) is 3.23. The Labute approximate surface area is 124 Å². The van der Waals surface area contributed by atoms with E-state index in [2.05, 4.69) is 0 Å². The monoisotopic (exact) mass is 289 g/mol. The number of halogens is 1. The third kappa shape index (κ3) is 4.55. The first kappa shape index (κ1) is 15.5. The average Bonchev–Trinajstić information content (AvgIpc) is 2.50. The van der Waals surface area contributed by atoms with Gasteiger partial charge in [-0.15, -0.1) is 0 Å². The smallest absolute Gasteiger partial charge is 0.124 e. The Morgan fingerprint density at radius 1 is 1.05 bits per heavy atom. The molecule has 4 heteroatoms. The molecule has 1 unspecified atom stereocenters. The van der Waals surface area contributed by atoms with Crippen molar-refractivity contribution in [3.05, 3.63) is 65.5 Å². The summed E-state index contributed by atoms with van der Waals surface area (Å²) in [5.74, 6) is 0.528. The van der Waals surface area contributed by atoms with Gasteiger partial charge < -0.3 is 15.2 Å². The fourth-order valence-electron chi connectivity index (χ4n) is 2.14. The summed E-state index contributed by atoms with van der Waals surface area (Å²) in [5, 5.41) is 0. The predicted molar refractivity (Wildman–Crippen MR) is 80.8 cm³/mol. The first-order valence-electron chi connectivity index (χ1n) is 6.91. The molecule has 112 valence electrons. The summed E-state index contributed by atoms with van der Waals surface area (Å²) in [6, 6.07) is 13.9. The van der Waals surface area contributed by atoms with Gasteiger partial charge in [-0.25, -0.2) is 4.39 Å². The number of hydrogen-bond acceptors (Lipinski definition) is 3. The summed E-state index contributed by atoms with van der Waals surface area (Å²) in [7, 11) is 1.63. The van der Waals surface area contributed by atoms with Crippen molar-refractivity contribution in [2.24, 2.45) is 5.73 Å². The molecule has 0 amide bonds. The zero-order chi connectivity index (χ0) is 15.1. The molecule has 2 aromatic rings. The maximum absolute atomic E-state index is 12.9. The molecule has 2 rings (SSSR count). The Hall–Kier alpha value is -1.91. The van der Waals surface area contributed by atoms with Gasteiger partial charge in [-0.1, -0.05) is 30.3 Å². The molecule has 0 heterocycles. The Morgan fingerprint density at radius 3 is 2.48 bits per heavy atom. The molecule has 0 aliphatic carbocycles. The first-order valence-corrected chi connectivity index (χ1v) is 6.91. The van der Waals surface area contributed by atoms with Crippen LogP contribution in [-0.2, 0) is 11.2 Å². The van der Waals surface area contributed by atoms with E-state index in [1.54, 1.807) is 19.2 Å². The van der Waals surface area contributed by atoms with E-state index in [9.17, 15) is 4.39 Å². The van der Waals surface area contributed by atoms with Crippen molar-refractivity contribution in [3.8, 4) is 5.75 Å². The molecule has 0 saturated heterocycles. The molecule has 0 aliphatic rings. The quantitative estimate of drug-likeness (QED) is 0.797. The SMILES string of the molecule is COCCOc1ccccc1C(N)Cc1ccc(F)cc1. The van der Waals surface area contributed by atoms with Gasteiger partial charge in [-0.05, 0) is 30.2 Å². The largest absolute Gasteiger partial charge is 0.491 e. The Bertz CT molecular complexity index is 557. The van der Waals surface area contributed by atoms with E-state index in [0.717, 1.165) is 16.9 Å². The van der Waals surface area contributed by atoms with Gasteiger partial charge in [0.15, 0.2) is 0 Å². The van der Waals surface area contributed by atoms with Gasteiger partial charge in [-0.3, -0.25) is 0 Å². The summed E-state index contributed by atoms with van der Waals surface area (Å²) in [4.78, 5) is 0. The normalized spacial score (nSPS) is 12.1. The number of methoxy groups -OCH3 is 1. The van der Waals surface area contributed by atoms with Gasteiger partial charge in [0, 0.05) is 18.7 Å². The molecule has 21 heavy (non-hydrogen) atoms. The van der Waals surface area contributed by atoms with Crippen molar-refractivity contribution in [3.63, 3.8) is 0 Å². The molecule has 0 saturated carbocycles. The van der Waals surface area contributed by atoms with Crippen LogP contribution < -0.4 is 10.5 Å². The molecule has 0 radical (unpaired) electrons. The van der Waals surface area contributed by atoms with Crippen molar-refractivity contribution in [2.45, 2.75) is 12.5 Å². The van der Waals surface area contributed by atoms with Crippen LogP contribution in [0, 0.1) is 5.82 Å². The van der Waals surface area contributed by atoms with Gasteiger partial charge >= 0.3 is 0 Å². The van der Waals surface area contributed by atoms with E-state index >= 15 is 0 Å². The van der Waals surface area contributed by atoms with E-state index in [1.807, 2.05) is 24.3 Å². The van der Waals surface area contributed by atoms with Crippen molar-refractivity contribution in [1.82, 2.24) is 0 Å². The van der Waals surface area contributed by atoms with Gasteiger partial charge in [0.25, 0.3) is 0 Å². The van der Waals surface area contributed by atoms with Crippen LogP contribution >= 0.6 is 0 Å². The molecular weight excluding hydrogens is 269 g/mol. The number of ether oxygens (including phenoxy) is 2. The van der Waals surface area contributed by atoms with Crippen LogP contribution in [0.2, 0.25) is 0 Å². The fourth-order valence-corrected chi connectivity index (χ4v) is 2.14. The molecule has 0 aliphatic heterocycles. The zero-order valence-electron chi connectivity index (χ0n) is 12.1. The summed E-state index contributed by atoms with van der Waals surface area (Å²) < 4.78 is 23.6. The Balaban J connectivity index is 2.07. The van der Waals surface area contributed by atoms with E-state index in [1.165, 1.54) is 12.1 Å². The topological polar surface area (TPSA) is 44.5 Å². The highest BCUT2D eigenvalue weighted by Gasteiger charge is 2.12. The van der Waals surface area contributed by atoms with Crippen LogP contribution in [-0.4, -0.2) is 20.3 Å². The molecule has 2 N–H and O–H groups in total. The number of hydrogen-bond donors (Lipinski definition) is 1. The maximum Gasteiger partial charge on any atom is 0.124 e. The molecule has 3 nitrogen and oxygen atoms in total. The second-order valence-electron chi connectivity index (χ2n) is 4.82. The molecule has 0 bridgehead atoms. The van der Waals surface area contributed by atoms with Crippen LogP contribution in [0.1, 0.15) is 17.2 Å². The predicted octanol–water partition coefficient (Wildman–Crippen LogP) is 3.09. The second-order valence-corrected chi connectivity index (χ2v) is 4.82. The minimum atomic E-state index is -0.240. The van der Waals surface area contributed by atoms with Gasteiger partial charge in [0.05, 0.1) is 6.61 Å². The van der Waals surface area contributed by atoms with E-state index in [-0.39, 0.29) is 11.9 Å². The molecule has 2 aromatic carbocycles. The maximum atomic E-state index is 12.9. The van der Waals surface area contributed by atoms with Crippen LogP contribution in [0.5, 0.6) is 5.75 Å². The minimum Gasteiger partial charge on any atom is -0.491 e. The lowest BCUT2D eigenvalue weighted by Crippen LogP contribution is -2.15. The number of benzene rings is 2. The van der Waals surface area contributed by atoms with Crippen molar-refractivity contribution in [1.29, 1.82) is 0 Å². The van der Waals surface area contributed by atoms with Crippen LogP contribution in [0.25, 0.3) is 0 Å². The summed E-state index contributed by atoms with van der Waals surface area (Å²) >= 11 is 0. The van der Waals surface area contributed by atoms with E-state index in [0.29, 0.717) is 19.6 Å². The molecule has 0 spiro atoms. The highest BCUT2D eigenvalue weighted by Crippen LogP contribution is 2.26. The van der Waals surface area contributed by atoms with Crippen molar-refractivity contribution >= 4 is 0 Å². The first-order chi connectivity index (χ1) is 10.2. The van der Waals surface area contributed by atoms with E-state index in [4.69, 9.17) is 15.2 Å². The van der Waals surface area contributed by atoms with Gasteiger partial charge in [0.1, 0.15) is 18.2 Å². The minimum absolute atomic E-state index is 0.200. The molecule has 0 fully saturated rings. The zero-order valence-corrected chi connectivity index (χ0v) is 12.1. The van der Waals surface area contributed by atoms with Crippen LogP contribution in [0.15, 0.2) is 48.5 Å². The summed E-state index contributed by atoms with van der Waals surface area (Å²) in [6.07, 6.45) is 0.630. The fraction of sp³-hybridized carbons (Fsp3) is 0.294. The Kier molecular flexibility index (Phi) is 5.72. The number of rotatable bonds is 7.